The number of imidazole rings is 1. The van der Waals surface area contributed by atoms with Gasteiger partial charge in [0.25, 0.3) is 5.91 Å². The van der Waals surface area contributed by atoms with Crippen molar-refractivity contribution in [3.05, 3.63) is 23.9 Å². The van der Waals surface area contributed by atoms with E-state index in [1.807, 2.05) is 0 Å². The van der Waals surface area contributed by atoms with Crippen molar-refractivity contribution in [2.45, 2.75) is 6.92 Å². The number of hydrogen-bond acceptors (Lipinski definition) is 4. The Hall–Kier alpha value is -2.31. The van der Waals surface area contributed by atoms with Crippen molar-refractivity contribution in [3.8, 4) is 0 Å². The van der Waals surface area contributed by atoms with Gasteiger partial charge in [-0.25, -0.2) is 4.98 Å². The van der Waals surface area contributed by atoms with Crippen LogP contribution in [0, 0.1) is 6.92 Å². The summed E-state index contributed by atoms with van der Waals surface area (Å²) in [7, 11) is 1.79. The first-order valence-electron chi connectivity index (χ1n) is 4.67. The molecule has 2 rings (SSSR count). The second-order valence-corrected chi connectivity index (χ2v) is 3.49. The van der Waals surface area contributed by atoms with Gasteiger partial charge in [0.15, 0.2) is 5.82 Å². The number of amides is 1. The van der Waals surface area contributed by atoms with E-state index in [1.165, 1.54) is 0 Å². The van der Waals surface area contributed by atoms with E-state index < -0.39 is 0 Å². The molecule has 0 saturated carbocycles. The molecule has 7 heteroatoms. The molecule has 0 aliphatic carbocycles. The van der Waals surface area contributed by atoms with Crippen LogP contribution < -0.4 is 11.1 Å². The van der Waals surface area contributed by atoms with Crippen molar-refractivity contribution in [1.82, 2.24) is 19.7 Å². The van der Waals surface area contributed by atoms with Crippen LogP contribution in [0.4, 0.5) is 11.5 Å². The molecule has 0 saturated heterocycles. The number of H-pyrrole nitrogens is 1. The minimum atomic E-state index is -0.334. The molecule has 0 bridgehead atoms. The van der Waals surface area contributed by atoms with Gasteiger partial charge in [-0.1, -0.05) is 0 Å². The van der Waals surface area contributed by atoms with E-state index >= 15 is 0 Å². The van der Waals surface area contributed by atoms with Crippen LogP contribution in [0.2, 0.25) is 0 Å². The Morgan fingerprint density at radius 1 is 1.62 bits per heavy atom. The SMILES string of the molecule is Cc1[nH]nc(NC(=O)c2cn(C)cn2)c1N. The summed E-state index contributed by atoms with van der Waals surface area (Å²) < 4.78 is 1.69. The highest BCUT2D eigenvalue weighted by molar-refractivity contribution is 6.03. The number of nitrogens with two attached hydrogens (primary N) is 1. The molecule has 0 fully saturated rings. The van der Waals surface area contributed by atoms with Crippen LogP contribution in [-0.2, 0) is 7.05 Å². The van der Waals surface area contributed by atoms with Crippen LogP contribution in [-0.4, -0.2) is 25.7 Å². The second-order valence-electron chi connectivity index (χ2n) is 3.49. The summed E-state index contributed by atoms with van der Waals surface area (Å²) in [5, 5.41) is 9.13. The molecule has 84 valence electrons. The fraction of sp³-hybridized carbons (Fsp3) is 0.222. The summed E-state index contributed by atoms with van der Waals surface area (Å²) in [5.74, 6) is -0.00745. The van der Waals surface area contributed by atoms with Gasteiger partial charge >= 0.3 is 0 Å². The van der Waals surface area contributed by atoms with Crippen LogP contribution in [0.3, 0.4) is 0 Å². The summed E-state index contributed by atoms with van der Waals surface area (Å²) in [6, 6.07) is 0. The largest absolute Gasteiger partial charge is 0.394 e. The molecule has 2 aromatic rings. The Morgan fingerprint density at radius 2 is 2.38 bits per heavy atom. The minimum Gasteiger partial charge on any atom is -0.394 e. The Balaban J connectivity index is 2.17. The lowest BCUT2D eigenvalue weighted by Crippen LogP contribution is -2.13. The Labute approximate surface area is 91.7 Å². The van der Waals surface area contributed by atoms with Crippen molar-refractivity contribution in [2.75, 3.05) is 11.1 Å². The van der Waals surface area contributed by atoms with Gasteiger partial charge in [0.05, 0.1) is 17.7 Å². The molecule has 4 N–H and O–H groups in total. The third kappa shape index (κ3) is 1.74. The summed E-state index contributed by atoms with van der Waals surface area (Å²) in [5.41, 5.74) is 7.18. The monoisotopic (exact) mass is 220 g/mol. The molecule has 2 aromatic heterocycles. The normalized spacial score (nSPS) is 10.4. The zero-order valence-electron chi connectivity index (χ0n) is 8.98. The number of hydrogen-bond donors (Lipinski definition) is 3. The maximum Gasteiger partial charge on any atom is 0.277 e. The van der Waals surface area contributed by atoms with Gasteiger partial charge in [0, 0.05) is 13.2 Å². The molecule has 1 amide bonds. The van der Waals surface area contributed by atoms with E-state index in [0.29, 0.717) is 17.2 Å². The molecule has 16 heavy (non-hydrogen) atoms. The fourth-order valence-corrected chi connectivity index (χ4v) is 1.23. The smallest absolute Gasteiger partial charge is 0.277 e. The molecule has 0 aliphatic heterocycles. The minimum absolute atomic E-state index is 0.322. The Bertz CT molecular complexity index is 526. The van der Waals surface area contributed by atoms with Gasteiger partial charge in [-0.3, -0.25) is 9.89 Å². The van der Waals surface area contributed by atoms with E-state index in [-0.39, 0.29) is 5.91 Å². The highest BCUT2D eigenvalue weighted by Crippen LogP contribution is 2.18. The third-order valence-electron chi connectivity index (χ3n) is 2.16. The molecule has 2 heterocycles. The quantitative estimate of drug-likeness (QED) is 0.676. The molecule has 0 aromatic carbocycles. The number of nitrogens with zero attached hydrogens (tertiary/aromatic N) is 3. The first kappa shape index (κ1) is 10.2. The predicted octanol–water partition coefficient (Wildman–Crippen LogP) is 0.286. The van der Waals surface area contributed by atoms with Gasteiger partial charge in [-0.05, 0) is 6.92 Å². The molecule has 7 nitrogen and oxygen atoms in total. The fourth-order valence-electron chi connectivity index (χ4n) is 1.23. The summed E-state index contributed by atoms with van der Waals surface area (Å²) in [6.07, 6.45) is 3.17. The number of aromatic amines is 1. The maximum atomic E-state index is 11.7. The molecule has 0 radical (unpaired) electrons. The second kappa shape index (κ2) is 3.69. The lowest BCUT2D eigenvalue weighted by molar-refractivity contribution is 0.102. The first-order valence-corrected chi connectivity index (χ1v) is 4.67. The number of carbonyl (C=O) groups excluding carboxylic acids is 1. The van der Waals surface area contributed by atoms with E-state index in [2.05, 4.69) is 20.5 Å². The third-order valence-corrected chi connectivity index (χ3v) is 2.16. The Morgan fingerprint density at radius 3 is 2.88 bits per heavy atom. The number of rotatable bonds is 2. The zero-order valence-corrected chi connectivity index (χ0v) is 8.98. The lowest BCUT2D eigenvalue weighted by Gasteiger charge is -1.99. The van der Waals surface area contributed by atoms with Gasteiger partial charge in [-0.2, -0.15) is 5.10 Å². The van der Waals surface area contributed by atoms with Gasteiger partial charge in [0.1, 0.15) is 5.69 Å². The van der Waals surface area contributed by atoms with Gasteiger partial charge < -0.3 is 15.6 Å². The van der Waals surface area contributed by atoms with Gasteiger partial charge in [0.2, 0.25) is 0 Å². The van der Waals surface area contributed by atoms with Crippen molar-refractivity contribution >= 4 is 17.4 Å². The molecular formula is C9H12N6O. The average Bonchev–Trinajstić information content (AvgIpc) is 2.79. The van der Waals surface area contributed by atoms with Crippen molar-refractivity contribution in [2.24, 2.45) is 7.05 Å². The summed E-state index contributed by atoms with van der Waals surface area (Å²) in [6.45, 7) is 1.78. The Kier molecular flexibility index (Phi) is 2.35. The number of anilines is 2. The van der Waals surface area contributed by atoms with Gasteiger partial charge in [-0.15, -0.1) is 0 Å². The zero-order chi connectivity index (χ0) is 11.7. The number of nitrogens with one attached hydrogen (secondary N) is 2. The molecule has 0 atom stereocenters. The standard InChI is InChI=1S/C9H12N6O/c1-5-7(10)8(14-13-5)12-9(16)6-3-15(2)4-11-6/h3-4H,10H2,1-2H3,(H2,12,13,14,16). The summed E-state index contributed by atoms with van der Waals surface area (Å²) >= 11 is 0. The predicted molar refractivity (Wildman–Crippen MR) is 58.9 cm³/mol. The van der Waals surface area contributed by atoms with Crippen molar-refractivity contribution < 1.29 is 4.79 Å². The maximum absolute atomic E-state index is 11.7. The highest BCUT2D eigenvalue weighted by atomic mass is 16.2. The van der Waals surface area contributed by atoms with Crippen LogP contribution >= 0.6 is 0 Å². The topological polar surface area (TPSA) is 102 Å². The highest BCUT2D eigenvalue weighted by Gasteiger charge is 2.13. The van der Waals surface area contributed by atoms with E-state index in [4.69, 9.17) is 5.73 Å². The van der Waals surface area contributed by atoms with Crippen LogP contribution in [0.15, 0.2) is 12.5 Å². The molecular weight excluding hydrogens is 208 g/mol. The van der Waals surface area contributed by atoms with Crippen LogP contribution in [0.1, 0.15) is 16.2 Å². The van der Waals surface area contributed by atoms with Crippen LogP contribution in [0.25, 0.3) is 0 Å². The molecule has 0 spiro atoms. The van der Waals surface area contributed by atoms with Crippen molar-refractivity contribution in [3.63, 3.8) is 0 Å². The van der Waals surface area contributed by atoms with E-state index in [9.17, 15) is 4.79 Å². The van der Waals surface area contributed by atoms with E-state index in [1.54, 1.807) is 31.1 Å². The summed E-state index contributed by atoms with van der Waals surface area (Å²) in [4.78, 5) is 15.6. The average molecular weight is 220 g/mol. The molecule has 0 unspecified atom stereocenters. The van der Waals surface area contributed by atoms with Crippen LogP contribution in [0.5, 0.6) is 0 Å². The number of carbonyl (C=O) groups is 1. The van der Waals surface area contributed by atoms with E-state index in [0.717, 1.165) is 5.69 Å². The molecule has 0 aliphatic rings. The van der Waals surface area contributed by atoms with Crippen molar-refractivity contribution in [1.29, 1.82) is 0 Å². The number of aromatic nitrogens is 4. The number of aryl methyl sites for hydroxylation is 2. The first-order chi connectivity index (χ1) is 7.58. The lowest BCUT2D eigenvalue weighted by atomic mass is 10.3. The number of nitrogen functional groups attached to an aromatic ring is 1.